The SMILES string of the molecule is CN(Cc1ccc(Cl)s1)C(=O)CSc1n[nH]c(/C=C/c2ccc(F)cc2)n1. The molecule has 1 N–H and O–H groups in total. The molecule has 3 rings (SSSR count). The smallest absolute Gasteiger partial charge is 0.233 e. The first-order valence-electron chi connectivity index (χ1n) is 7.96. The zero-order valence-electron chi connectivity index (χ0n) is 14.4. The number of aromatic nitrogens is 3. The van der Waals surface area contributed by atoms with E-state index in [1.165, 1.54) is 35.2 Å². The van der Waals surface area contributed by atoms with Crippen molar-refractivity contribution in [3.8, 4) is 0 Å². The molecular formula is C18H16ClFN4OS2. The number of H-pyrrole nitrogens is 1. The number of thioether (sulfide) groups is 1. The Kier molecular flexibility index (Phi) is 6.65. The van der Waals surface area contributed by atoms with Crippen LogP contribution in [0.25, 0.3) is 12.2 Å². The van der Waals surface area contributed by atoms with Gasteiger partial charge in [0, 0.05) is 11.9 Å². The van der Waals surface area contributed by atoms with Crippen molar-refractivity contribution in [3.05, 3.63) is 62.8 Å². The van der Waals surface area contributed by atoms with E-state index in [1.54, 1.807) is 36.2 Å². The van der Waals surface area contributed by atoms with E-state index in [2.05, 4.69) is 15.2 Å². The summed E-state index contributed by atoms with van der Waals surface area (Å²) in [7, 11) is 1.76. The maximum Gasteiger partial charge on any atom is 0.233 e. The minimum atomic E-state index is -0.276. The van der Waals surface area contributed by atoms with Crippen LogP contribution in [0.15, 0.2) is 41.6 Å². The maximum absolute atomic E-state index is 12.9. The molecule has 0 bridgehead atoms. The molecule has 0 spiro atoms. The Hall–Kier alpha value is -2.16. The number of aromatic amines is 1. The highest BCUT2D eigenvalue weighted by Gasteiger charge is 2.12. The third-order valence-corrected chi connectivity index (χ3v) is 5.61. The molecule has 0 aliphatic rings. The highest BCUT2D eigenvalue weighted by atomic mass is 35.5. The van der Waals surface area contributed by atoms with Crippen molar-refractivity contribution >= 4 is 52.8 Å². The van der Waals surface area contributed by atoms with Crippen molar-refractivity contribution in [1.82, 2.24) is 20.1 Å². The molecule has 0 atom stereocenters. The van der Waals surface area contributed by atoms with Crippen LogP contribution in [-0.4, -0.2) is 38.8 Å². The third kappa shape index (κ3) is 5.92. The Morgan fingerprint density at radius 3 is 2.78 bits per heavy atom. The van der Waals surface area contributed by atoms with Gasteiger partial charge in [-0.25, -0.2) is 9.37 Å². The second kappa shape index (κ2) is 9.16. The second-order valence-electron chi connectivity index (χ2n) is 5.63. The fourth-order valence-electron chi connectivity index (χ4n) is 2.14. The summed E-state index contributed by atoms with van der Waals surface area (Å²) in [6.07, 6.45) is 3.55. The van der Waals surface area contributed by atoms with Gasteiger partial charge in [0.05, 0.1) is 16.6 Å². The topological polar surface area (TPSA) is 61.9 Å². The van der Waals surface area contributed by atoms with Gasteiger partial charge in [-0.2, -0.15) is 0 Å². The first-order chi connectivity index (χ1) is 13.0. The lowest BCUT2D eigenvalue weighted by Gasteiger charge is -2.15. The number of halogens is 2. The quantitative estimate of drug-likeness (QED) is 0.566. The largest absolute Gasteiger partial charge is 0.340 e. The van der Waals surface area contributed by atoms with Crippen LogP contribution in [0.4, 0.5) is 4.39 Å². The Labute approximate surface area is 169 Å². The normalized spacial score (nSPS) is 11.2. The van der Waals surface area contributed by atoms with Crippen LogP contribution in [0.5, 0.6) is 0 Å². The van der Waals surface area contributed by atoms with Crippen LogP contribution in [-0.2, 0) is 11.3 Å². The number of carbonyl (C=O) groups excluding carboxylic acids is 1. The first kappa shape index (κ1) is 19.6. The van der Waals surface area contributed by atoms with Crippen LogP contribution < -0.4 is 0 Å². The van der Waals surface area contributed by atoms with Crippen molar-refractivity contribution in [3.63, 3.8) is 0 Å². The second-order valence-corrected chi connectivity index (χ2v) is 8.37. The summed E-state index contributed by atoms with van der Waals surface area (Å²) in [5.74, 6) is 0.519. The molecule has 5 nitrogen and oxygen atoms in total. The molecule has 27 heavy (non-hydrogen) atoms. The number of hydrogen-bond acceptors (Lipinski definition) is 5. The molecule has 0 aliphatic heterocycles. The van der Waals surface area contributed by atoms with Crippen LogP contribution in [0, 0.1) is 5.82 Å². The number of benzene rings is 1. The predicted octanol–water partition coefficient (Wildman–Crippen LogP) is 4.58. The minimum absolute atomic E-state index is 0.0160. The summed E-state index contributed by atoms with van der Waals surface area (Å²) >= 11 is 8.64. The lowest BCUT2D eigenvalue weighted by Crippen LogP contribution is -2.27. The number of nitrogens with one attached hydrogen (secondary N) is 1. The van der Waals surface area contributed by atoms with Crippen LogP contribution >= 0.6 is 34.7 Å². The van der Waals surface area contributed by atoms with Crippen molar-refractivity contribution in [2.24, 2.45) is 0 Å². The molecule has 3 aromatic rings. The number of rotatable bonds is 7. The molecule has 1 aromatic carbocycles. The standard InChI is InChI=1S/C18H16ClFN4OS2/c1-24(10-14-7-8-15(19)27-14)17(25)11-26-18-21-16(22-23-18)9-4-12-2-5-13(20)6-3-12/h2-9H,10-11H2,1H3,(H,21,22,23)/b9-4+. The summed E-state index contributed by atoms with van der Waals surface area (Å²) in [4.78, 5) is 19.2. The highest BCUT2D eigenvalue weighted by Crippen LogP contribution is 2.23. The molecule has 0 unspecified atom stereocenters. The van der Waals surface area contributed by atoms with Crippen molar-refractivity contribution < 1.29 is 9.18 Å². The van der Waals surface area contributed by atoms with E-state index in [0.29, 0.717) is 21.9 Å². The van der Waals surface area contributed by atoms with Gasteiger partial charge in [-0.05, 0) is 35.9 Å². The number of thiophene rings is 1. The zero-order valence-corrected chi connectivity index (χ0v) is 16.7. The number of hydrogen-bond donors (Lipinski definition) is 1. The van der Waals surface area contributed by atoms with Crippen molar-refractivity contribution in [2.45, 2.75) is 11.7 Å². The van der Waals surface area contributed by atoms with Crippen molar-refractivity contribution in [1.29, 1.82) is 0 Å². The Morgan fingerprint density at radius 2 is 2.07 bits per heavy atom. The van der Waals surface area contributed by atoms with Gasteiger partial charge in [0.15, 0.2) is 0 Å². The zero-order chi connectivity index (χ0) is 19.2. The molecule has 0 saturated carbocycles. The Morgan fingerprint density at radius 1 is 1.30 bits per heavy atom. The molecule has 9 heteroatoms. The van der Waals surface area contributed by atoms with E-state index in [4.69, 9.17) is 11.6 Å². The monoisotopic (exact) mass is 422 g/mol. The molecule has 0 saturated heterocycles. The Balaban J connectivity index is 1.50. The predicted molar refractivity (Wildman–Crippen MR) is 108 cm³/mol. The van der Waals surface area contributed by atoms with Crippen LogP contribution in [0.1, 0.15) is 16.3 Å². The molecule has 2 aromatic heterocycles. The number of carbonyl (C=O) groups is 1. The fourth-order valence-corrected chi connectivity index (χ4v) is 4.03. The Bertz CT molecular complexity index is 939. The van der Waals surface area contributed by atoms with E-state index in [-0.39, 0.29) is 17.5 Å². The molecule has 1 amide bonds. The van der Waals surface area contributed by atoms with Gasteiger partial charge in [-0.3, -0.25) is 9.89 Å². The molecule has 0 aliphatic carbocycles. The average molecular weight is 423 g/mol. The highest BCUT2D eigenvalue weighted by molar-refractivity contribution is 7.99. The summed E-state index contributed by atoms with van der Waals surface area (Å²) in [5.41, 5.74) is 0.854. The van der Waals surface area contributed by atoms with E-state index in [0.717, 1.165) is 10.4 Å². The van der Waals surface area contributed by atoms with E-state index >= 15 is 0 Å². The van der Waals surface area contributed by atoms with Gasteiger partial charge in [-0.15, -0.1) is 16.4 Å². The number of nitrogens with zero attached hydrogens (tertiary/aromatic N) is 3. The average Bonchev–Trinajstić information content (AvgIpc) is 3.28. The third-order valence-electron chi connectivity index (χ3n) is 3.56. The summed E-state index contributed by atoms with van der Waals surface area (Å²) < 4.78 is 13.6. The fraction of sp³-hybridized carbons (Fsp3) is 0.167. The van der Waals surface area contributed by atoms with E-state index in [1.807, 2.05) is 12.1 Å². The van der Waals surface area contributed by atoms with Crippen molar-refractivity contribution in [2.75, 3.05) is 12.8 Å². The lowest BCUT2D eigenvalue weighted by atomic mass is 10.2. The summed E-state index contributed by atoms with van der Waals surface area (Å²) in [5, 5.41) is 7.39. The lowest BCUT2D eigenvalue weighted by molar-refractivity contribution is -0.127. The van der Waals surface area contributed by atoms with Gasteiger partial charge >= 0.3 is 0 Å². The molecule has 0 radical (unpaired) electrons. The maximum atomic E-state index is 12.9. The van der Waals surface area contributed by atoms with E-state index in [9.17, 15) is 9.18 Å². The minimum Gasteiger partial charge on any atom is -0.340 e. The van der Waals surface area contributed by atoms with E-state index < -0.39 is 0 Å². The number of amides is 1. The molecule has 0 fully saturated rings. The molecular weight excluding hydrogens is 407 g/mol. The van der Waals surface area contributed by atoms with Gasteiger partial charge in [0.2, 0.25) is 11.1 Å². The van der Waals surface area contributed by atoms with Gasteiger partial charge in [0.1, 0.15) is 11.6 Å². The summed E-state index contributed by atoms with van der Waals surface area (Å²) in [6.45, 7) is 0.524. The first-order valence-corrected chi connectivity index (χ1v) is 10.1. The van der Waals surface area contributed by atoms with Crippen LogP contribution in [0.3, 0.4) is 0 Å². The van der Waals surface area contributed by atoms with Gasteiger partial charge in [-0.1, -0.05) is 41.6 Å². The van der Waals surface area contributed by atoms with Gasteiger partial charge < -0.3 is 4.90 Å². The molecule has 2 heterocycles. The summed E-state index contributed by atoms with van der Waals surface area (Å²) in [6, 6.07) is 9.88. The molecule has 140 valence electrons. The van der Waals surface area contributed by atoms with Crippen LogP contribution in [0.2, 0.25) is 4.34 Å². The van der Waals surface area contributed by atoms with Gasteiger partial charge in [0.25, 0.3) is 0 Å².